The molecular formula is C11H24N2. The van der Waals surface area contributed by atoms with Crippen molar-refractivity contribution in [3.8, 4) is 0 Å². The van der Waals surface area contributed by atoms with E-state index in [0.29, 0.717) is 0 Å². The molecule has 78 valence electrons. The second-order valence-electron chi connectivity index (χ2n) is 3.73. The lowest BCUT2D eigenvalue weighted by atomic mass is 10.2. The summed E-state index contributed by atoms with van der Waals surface area (Å²) >= 11 is 0. The molecule has 2 nitrogen and oxygen atoms in total. The maximum atomic E-state index is 4.01. The molecule has 0 spiro atoms. The molecule has 0 rings (SSSR count). The lowest BCUT2D eigenvalue weighted by molar-refractivity contribution is 0.349. The molecule has 13 heavy (non-hydrogen) atoms. The molecule has 0 aromatic heterocycles. The van der Waals surface area contributed by atoms with Crippen LogP contribution in [0.2, 0.25) is 0 Å². The minimum Gasteiger partial charge on any atom is -0.316 e. The quantitative estimate of drug-likeness (QED) is 0.458. The third-order valence-corrected chi connectivity index (χ3v) is 2.06. The molecule has 0 aromatic carbocycles. The predicted octanol–water partition coefficient (Wildman–Crippen LogP) is 1.88. The molecule has 0 bridgehead atoms. The van der Waals surface area contributed by atoms with E-state index in [9.17, 15) is 0 Å². The Balaban J connectivity index is 3.38. The summed E-state index contributed by atoms with van der Waals surface area (Å²) in [5, 5.41) is 3.11. The Labute approximate surface area is 83.0 Å². The SMILES string of the molecule is C=C(CNC)CN(C)CCCCC. The van der Waals surface area contributed by atoms with Crippen molar-refractivity contribution in [3.63, 3.8) is 0 Å². The zero-order valence-electron chi connectivity index (χ0n) is 9.40. The molecule has 0 aliphatic rings. The van der Waals surface area contributed by atoms with Crippen LogP contribution in [0.3, 0.4) is 0 Å². The van der Waals surface area contributed by atoms with Crippen LogP contribution in [0.25, 0.3) is 0 Å². The van der Waals surface area contributed by atoms with Gasteiger partial charge in [0.15, 0.2) is 0 Å². The average Bonchev–Trinajstić information content (AvgIpc) is 2.05. The van der Waals surface area contributed by atoms with Crippen molar-refractivity contribution < 1.29 is 0 Å². The Hall–Kier alpha value is -0.340. The van der Waals surface area contributed by atoms with Crippen LogP contribution < -0.4 is 5.32 Å². The van der Waals surface area contributed by atoms with Crippen molar-refractivity contribution in [1.29, 1.82) is 0 Å². The van der Waals surface area contributed by atoms with E-state index in [-0.39, 0.29) is 0 Å². The van der Waals surface area contributed by atoms with Crippen molar-refractivity contribution in [2.45, 2.75) is 26.2 Å². The Morgan fingerprint density at radius 3 is 2.62 bits per heavy atom. The molecule has 0 radical (unpaired) electrons. The van der Waals surface area contributed by atoms with Crippen LogP contribution in [0, 0.1) is 0 Å². The van der Waals surface area contributed by atoms with Gasteiger partial charge >= 0.3 is 0 Å². The minimum atomic E-state index is 0.929. The van der Waals surface area contributed by atoms with E-state index in [1.807, 2.05) is 7.05 Å². The van der Waals surface area contributed by atoms with Gasteiger partial charge in [-0.05, 0) is 32.6 Å². The zero-order valence-corrected chi connectivity index (χ0v) is 9.40. The third-order valence-electron chi connectivity index (χ3n) is 2.06. The van der Waals surface area contributed by atoms with Crippen molar-refractivity contribution in [2.24, 2.45) is 0 Å². The molecule has 0 amide bonds. The fraction of sp³-hybridized carbons (Fsp3) is 0.818. The molecule has 1 N–H and O–H groups in total. The first-order chi connectivity index (χ1) is 6.20. The van der Waals surface area contributed by atoms with Crippen LogP contribution in [-0.2, 0) is 0 Å². The number of rotatable bonds is 8. The normalized spacial score (nSPS) is 10.8. The van der Waals surface area contributed by atoms with Crippen LogP contribution in [0.1, 0.15) is 26.2 Å². The van der Waals surface area contributed by atoms with Gasteiger partial charge in [0.2, 0.25) is 0 Å². The van der Waals surface area contributed by atoms with Crippen LogP contribution >= 0.6 is 0 Å². The van der Waals surface area contributed by atoms with Crippen molar-refractivity contribution >= 4 is 0 Å². The van der Waals surface area contributed by atoms with Crippen LogP contribution in [-0.4, -0.2) is 38.6 Å². The number of unbranched alkanes of at least 4 members (excludes halogenated alkanes) is 2. The van der Waals surface area contributed by atoms with Crippen LogP contribution in [0.5, 0.6) is 0 Å². The number of hydrogen-bond donors (Lipinski definition) is 1. The summed E-state index contributed by atoms with van der Waals surface area (Å²) in [6, 6.07) is 0. The lowest BCUT2D eigenvalue weighted by Gasteiger charge is -2.17. The number of nitrogens with one attached hydrogen (secondary N) is 1. The van der Waals surface area contributed by atoms with Gasteiger partial charge in [-0.1, -0.05) is 26.3 Å². The lowest BCUT2D eigenvalue weighted by Crippen LogP contribution is -2.25. The Bertz CT molecular complexity index is 132. The van der Waals surface area contributed by atoms with Crippen LogP contribution in [0.4, 0.5) is 0 Å². The van der Waals surface area contributed by atoms with Crippen molar-refractivity contribution in [2.75, 3.05) is 33.7 Å². The topological polar surface area (TPSA) is 15.3 Å². The Morgan fingerprint density at radius 2 is 2.08 bits per heavy atom. The van der Waals surface area contributed by atoms with E-state index >= 15 is 0 Å². The molecule has 2 heteroatoms. The van der Waals surface area contributed by atoms with E-state index in [0.717, 1.165) is 13.1 Å². The molecule has 0 unspecified atom stereocenters. The summed E-state index contributed by atoms with van der Waals surface area (Å²) in [6.45, 7) is 9.38. The van der Waals surface area contributed by atoms with Gasteiger partial charge in [0.1, 0.15) is 0 Å². The van der Waals surface area contributed by atoms with Gasteiger partial charge in [0, 0.05) is 13.1 Å². The smallest absolute Gasteiger partial charge is 0.0199 e. The second-order valence-corrected chi connectivity index (χ2v) is 3.73. The summed E-state index contributed by atoms with van der Waals surface area (Å²) in [5.41, 5.74) is 1.27. The van der Waals surface area contributed by atoms with E-state index in [1.54, 1.807) is 0 Å². The molecule has 0 aliphatic carbocycles. The standard InChI is InChI=1S/C11H24N2/c1-5-6-7-8-13(4)10-11(2)9-12-3/h12H,2,5-10H2,1,3-4H3. The van der Waals surface area contributed by atoms with Crippen molar-refractivity contribution in [1.82, 2.24) is 10.2 Å². The van der Waals surface area contributed by atoms with Gasteiger partial charge in [-0.15, -0.1) is 0 Å². The minimum absolute atomic E-state index is 0.929. The fourth-order valence-electron chi connectivity index (χ4n) is 1.40. The number of likely N-dealkylation sites (N-methyl/N-ethyl adjacent to an activating group) is 2. The van der Waals surface area contributed by atoms with E-state index in [2.05, 4.69) is 30.8 Å². The van der Waals surface area contributed by atoms with Gasteiger partial charge < -0.3 is 10.2 Å². The molecule has 0 atom stereocenters. The summed E-state index contributed by atoms with van der Waals surface area (Å²) in [5.74, 6) is 0. The highest BCUT2D eigenvalue weighted by atomic mass is 15.1. The highest BCUT2D eigenvalue weighted by Gasteiger charge is 1.99. The Kier molecular flexibility index (Phi) is 8.05. The van der Waals surface area contributed by atoms with Crippen LogP contribution in [0.15, 0.2) is 12.2 Å². The molecule has 0 heterocycles. The molecule has 0 fully saturated rings. The first-order valence-corrected chi connectivity index (χ1v) is 5.20. The van der Waals surface area contributed by atoms with Gasteiger partial charge in [-0.2, -0.15) is 0 Å². The number of nitrogens with zero attached hydrogens (tertiary/aromatic N) is 1. The summed E-state index contributed by atoms with van der Waals surface area (Å²) in [4.78, 5) is 2.34. The summed E-state index contributed by atoms with van der Waals surface area (Å²) in [6.07, 6.45) is 3.94. The molecule has 0 aromatic rings. The van der Waals surface area contributed by atoms with E-state index < -0.39 is 0 Å². The average molecular weight is 184 g/mol. The monoisotopic (exact) mass is 184 g/mol. The number of hydrogen-bond acceptors (Lipinski definition) is 2. The van der Waals surface area contributed by atoms with E-state index in [1.165, 1.54) is 31.4 Å². The first kappa shape index (κ1) is 12.7. The Morgan fingerprint density at radius 1 is 1.38 bits per heavy atom. The second kappa shape index (κ2) is 8.27. The van der Waals surface area contributed by atoms with Gasteiger partial charge in [-0.3, -0.25) is 0 Å². The highest BCUT2D eigenvalue weighted by Crippen LogP contribution is 1.98. The molecule has 0 saturated heterocycles. The maximum absolute atomic E-state index is 4.01. The van der Waals surface area contributed by atoms with E-state index in [4.69, 9.17) is 0 Å². The van der Waals surface area contributed by atoms with Gasteiger partial charge in [0.05, 0.1) is 0 Å². The van der Waals surface area contributed by atoms with Gasteiger partial charge in [-0.25, -0.2) is 0 Å². The fourth-order valence-corrected chi connectivity index (χ4v) is 1.40. The largest absolute Gasteiger partial charge is 0.316 e. The van der Waals surface area contributed by atoms with Gasteiger partial charge in [0.25, 0.3) is 0 Å². The maximum Gasteiger partial charge on any atom is 0.0199 e. The summed E-state index contributed by atoms with van der Waals surface area (Å²) in [7, 11) is 4.12. The molecular weight excluding hydrogens is 160 g/mol. The zero-order chi connectivity index (χ0) is 10.1. The molecule has 0 saturated carbocycles. The third kappa shape index (κ3) is 8.00. The summed E-state index contributed by atoms with van der Waals surface area (Å²) < 4.78 is 0. The highest BCUT2D eigenvalue weighted by molar-refractivity contribution is 4.98. The molecule has 0 aliphatic heterocycles. The first-order valence-electron chi connectivity index (χ1n) is 5.20. The predicted molar refractivity (Wildman–Crippen MR) is 60.1 cm³/mol. The van der Waals surface area contributed by atoms with Crippen molar-refractivity contribution in [3.05, 3.63) is 12.2 Å².